The molecule has 2 aromatic heterocycles. The first-order valence-electron chi connectivity index (χ1n) is 12.9. The number of benzene rings is 2. The predicted octanol–water partition coefficient (Wildman–Crippen LogP) is 6.56. The van der Waals surface area contributed by atoms with Gasteiger partial charge in [0.15, 0.2) is 23.9 Å². The van der Waals surface area contributed by atoms with E-state index in [0.29, 0.717) is 39.3 Å². The van der Waals surface area contributed by atoms with Crippen LogP contribution in [0.15, 0.2) is 61.1 Å². The minimum absolute atomic E-state index is 0.102. The van der Waals surface area contributed by atoms with E-state index in [1.165, 1.54) is 6.07 Å². The fraction of sp³-hybridized carbons (Fsp3) is 0.300. The normalized spacial score (nSPS) is 13.7. The van der Waals surface area contributed by atoms with Gasteiger partial charge in [-0.2, -0.15) is 14.0 Å². The highest BCUT2D eigenvalue weighted by Gasteiger charge is 2.26. The molecule has 2 heterocycles. The molecular weight excluding hydrogens is 575 g/mol. The van der Waals surface area contributed by atoms with Gasteiger partial charge in [0.25, 0.3) is 0 Å². The van der Waals surface area contributed by atoms with Gasteiger partial charge < -0.3 is 18.8 Å². The molecule has 1 fully saturated rings. The fourth-order valence-corrected chi connectivity index (χ4v) is 5.25. The lowest BCUT2D eigenvalue weighted by Crippen LogP contribution is -2.27. The number of esters is 1. The van der Waals surface area contributed by atoms with Crippen LogP contribution in [0, 0.1) is 17.2 Å². The second-order valence-electron chi connectivity index (χ2n) is 9.95. The Kier molecular flexibility index (Phi) is 8.62. The summed E-state index contributed by atoms with van der Waals surface area (Å²) in [6.07, 6.45) is 6.39. The molecule has 4 aromatic rings. The maximum absolute atomic E-state index is 13.3. The molecule has 212 valence electrons. The molecule has 0 aliphatic heterocycles. The summed E-state index contributed by atoms with van der Waals surface area (Å²) in [5.41, 5.74) is 2.35. The molecule has 2 aromatic carbocycles. The van der Waals surface area contributed by atoms with Crippen LogP contribution in [0.2, 0.25) is 10.0 Å². The minimum Gasteiger partial charge on any atom is -0.489 e. The molecule has 1 saturated carbocycles. The van der Waals surface area contributed by atoms with Crippen LogP contribution in [0.4, 0.5) is 8.78 Å². The lowest BCUT2D eigenvalue weighted by molar-refractivity contribution is -0.671. The molecule has 1 aliphatic carbocycles. The Balaban J connectivity index is 1.45. The third kappa shape index (κ3) is 7.07. The molecule has 1 aliphatic rings. The van der Waals surface area contributed by atoms with Crippen molar-refractivity contribution in [2.75, 3.05) is 6.61 Å². The number of pyridine rings is 1. The van der Waals surface area contributed by atoms with Crippen LogP contribution in [0.25, 0.3) is 10.9 Å². The summed E-state index contributed by atoms with van der Waals surface area (Å²) in [5, 5.41) is 10.8. The number of ether oxygens (including phenoxy) is 3. The third-order valence-electron chi connectivity index (χ3n) is 6.80. The summed E-state index contributed by atoms with van der Waals surface area (Å²) >= 11 is 13.0. The molecule has 0 radical (unpaired) electrons. The van der Waals surface area contributed by atoms with E-state index in [4.69, 9.17) is 32.7 Å². The zero-order chi connectivity index (χ0) is 29.1. The number of aryl methyl sites for hydroxylation is 1. The van der Waals surface area contributed by atoms with Crippen molar-refractivity contribution in [2.45, 2.75) is 38.5 Å². The number of halogens is 4. The zero-order valence-electron chi connectivity index (χ0n) is 22.0. The van der Waals surface area contributed by atoms with E-state index >= 15 is 0 Å². The monoisotopic (exact) mass is 600 g/mol. The third-order valence-corrected chi connectivity index (χ3v) is 7.45. The highest BCUT2D eigenvalue weighted by atomic mass is 35.5. The summed E-state index contributed by atoms with van der Waals surface area (Å²) in [4.78, 5) is 13.3. The van der Waals surface area contributed by atoms with Gasteiger partial charge in [0.2, 0.25) is 0 Å². The molecule has 0 amide bonds. The Bertz CT molecular complexity index is 1610. The van der Waals surface area contributed by atoms with Crippen LogP contribution in [0.3, 0.4) is 0 Å². The van der Waals surface area contributed by atoms with Gasteiger partial charge in [-0.15, -0.1) is 0 Å². The molecule has 0 spiro atoms. The van der Waals surface area contributed by atoms with Gasteiger partial charge in [0.1, 0.15) is 29.7 Å². The quantitative estimate of drug-likeness (QED) is 0.144. The topological polar surface area (TPSA) is 77.4 Å². The first-order chi connectivity index (χ1) is 19.7. The fourth-order valence-electron chi connectivity index (χ4n) is 4.54. The Morgan fingerprint density at radius 1 is 1.12 bits per heavy atom. The van der Waals surface area contributed by atoms with E-state index in [2.05, 4.69) is 10.8 Å². The lowest BCUT2D eigenvalue weighted by atomic mass is 10.0. The van der Waals surface area contributed by atoms with Crippen molar-refractivity contribution in [3.8, 4) is 17.6 Å². The first-order valence-corrected chi connectivity index (χ1v) is 13.7. The molecule has 0 saturated heterocycles. The molecule has 1 atom stereocenters. The molecule has 7 nitrogen and oxygen atoms in total. The summed E-state index contributed by atoms with van der Waals surface area (Å²) in [6, 6.07) is 13.6. The van der Waals surface area contributed by atoms with Crippen LogP contribution in [0.5, 0.6) is 11.5 Å². The van der Waals surface area contributed by atoms with Crippen LogP contribution in [0.1, 0.15) is 35.6 Å². The summed E-state index contributed by atoms with van der Waals surface area (Å²) < 4.78 is 46.1. The number of nitrogens with zero attached hydrogens (tertiary/aromatic N) is 3. The number of alkyl halides is 2. The van der Waals surface area contributed by atoms with E-state index in [-0.39, 0.29) is 24.5 Å². The van der Waals surface area contributed by atoms with E-state index in [9.17, 15) is 18.8 Å². The molecule has 0 N–H and O–H groups in total. The molecule has 0 unspecified atom stereocenters. The number of hydrogen-bond donors (Lipinski definition) is 0. The number of rotatable bonds is 11. The zero-order valence-corrected chi connectivity index (χ0v) is 23.5. The smallest absolute Gasteiger partial charge is 0.387 e. The molecule has 5 rings (SSSR count). The summed E-state index contributed by atoms with van der Waals surface area (Å²) in [6.45, 7) is -2.76. The van der Waals surface area contributed by atoms with Crippen molar-refractivity contribution in [1.29, 1.82) is 5.26 Å². The molecular formula is C30H26Cl2F2N3O4+. The van der Waals surface area contributed by atoms with E-state index in [0.717, 1.165) is 23.7 Å². The second-order valence-corrected chi connectivity index (χ2v) is 10.8. The average Bonchev–Trinajstić information content (AvgIpc) is 3.68. The molecule has 0 bridgehead atoms. The summed E-state index contributed by atoms with van der Waals surface area (Å²) in [7, 11) is 1.78. The first kappa shape index (κ1) is 28.7. The van der Waals surface area contributed by atoms with Crippen LogP contribution < -0.4 is 14.0 Å². The van der Waals surface area contributed by atoms with Crippen molar-refractivity contribution < 1.29 is 32.4 Å². The van der Waals surface area contributed by atoms with Gasteiger partial charge in [-0.1, -0.05) is 29.3 Å². The largest absolute Gasteiger partial charge is 0.489 e. The highest BCUT2D eigenvalue weighted by molar-refractivity contribution is 6.35. The van der Waals surface area contributed by atoms with Gasteiger partial charge in [0.05, 0.1) is 18.2 Å². The lowest BCUT2D eigenvalue weighted by Gasteiger charge is -2.21. The number of aromatic nitrogens is 2. The number of hydrogen-bond acceptors (Lipinski definition) is 5. The van der Waals surface area contributed by atoms with Gasteiger partial charge in [-0.25, -0.2) is 4.57 Å². The number of carbonyl (C=O) groups excluding carboxylic acids is 1. The SMILES string of the molecule is C[n+]1cc(Cl)c(C[C@H](OC(=O)Cn2ccc3cc(C#N)ccc32)c2ccc(OC(F)F)c(OCC3CC3)c2)c(Cl)c1. The van der Waals surface area contributed by atoms with Gasteiger partial charge in [0, 0.05) is 29.1 Å². The summed E-state index contributed by atoms with van der Waals surface area (Å²) in [5.74, 6) is -0.140. The average molecular weight is 601 g/mol. The van der Waals surface area contributed by atoms with Crippen molar-refractivity contribution in [3.05, 3.63) is 87.8 Å². The maximum atomic E-state index is 13.3. The van der Waals surface area contributed by atoms with Crippen LogP contribution >= 0.6 is 23.2 Å². The molecule has 41 heavy (non-hydrogen) atoms. The van der Waals surface area contributed by atoms with Crippen LogP contribution in [-0.4, -0.2) is 23.8 Å². The van der Waals surface area contributed by atoms with Gasteiger partial charge in [-0.05, 0) is 60.7 Å². The molecule has 11 heteroatoms. The standard InChI is InChI=1S/C30H26Cl2F2N3O4/c1-36-14-23(31)22(24(32)15-36)12-27(21-5-7-26(41-30(33)34)28(11-21)39-17-18-2-3-18)40-29(38)16-37-9-8-20-10-19(13-35)4-6-25(20)37/h4-11,14-15,18,27,30H,2-3,12,16-17H2,1H3/q+1/t27-/m0/s1. The predicted molar refractivity (Wildman–Crippen MR) is 148 cm³/mol. The second kappa shape index (κ2) is 12.3. The number of fused-ring (bicyclic) bond motifs is 1. The minimum atomic E-state index is -3.03. The van der Waals surface area contributed by atoms with E-state index in [1.807, 2.05) is 6.07 Å². The van der Waals surface area contributed by atoms with Gasteiger partial charge in [-0.3, -0.25) is 4.79 Å². The Hall–Kier alpha value is -3.87. The van der Waals surface area contributed by atoms with Crippen molar-refractivity contribution >= 4 is 40.1 Å². The highest BCUT2D eigenvalue weighted by Crippen LogP contribution is 2.38. The number of nitriles is 1. The van der Waals surface area contributed by atoms with Crippen molar-refractivity contribution in [2.24, 2.45) is 13.0 Å². The Morgan fingerprint density at radius 2 is 1.88 bits per heavy atom. The van der Waals surface area contributed by atoms with Crippen LogP contribution in [-0.2, 0) is 29.5 Å². The number of carbonyl (C=O) groups is 1. The van der Waals surface area contributed by atoms with E-state index in [1.54, 1.807) is 65.1 Å². The maximum Gasteiger partial charge on any atom is 0.387 e. The van der Waals surface area contributed by atoms with Crippen molar-refractivity contribution in [3.63, 3.8) is 0 Å². The Labute approximate surface area is 245 Å². The Morgan fingerprint density at radius 3 is 2.56 bits per heavy atom. The van der Waals surface area contributed by atoms with Crippen molar-refractivity contribution in [1.82, 2.24) is 4.57 Å². The van der Waals surface area contributed by atoms with E-state index < -0.39 is 18.7 Å². The van der Waals surface area contributed by atoms with Gasteiger partial charge >= 0.3 is 12.6 Å².